The number of carbonyl (C=O) groups excluding carboxylic acids is 2. The highest BCUT2D eigenvalue weighted by Gasteiger charge is 2.28. The first-order chi connectivity index (χ1) is 12.1. The number of nitrogens with two attached hydrogens (primary N) is 1. The Morgan fingerprint density at radius 3 is 2.52 bits per heavy atom. The number of nitrogens with zero attached hydrogens (tertiary/aromatic N) is 3. The standard InChI is InChI=1S/C19H28N4O2/c1-2-16(19(20)25)22-12-10-21(11-13-22)14-18(24)23-9-5-7-15-6-3-4-8-17(15)23/h3-4,6,8,16H,2,5,7,9-14H2,1H3,(H2,20,25)/t16-/m1/s1. The van der Waals surface area contributed by atoms with Crippen LogP contribution in [0.15, 0.2) is 24.3 Å². The van der Waals surface area contributed by atoms with E-state index in [1.54, 1.807) is 0 Å². The van der Waals surface area contributed by atoms with E-state index in [1.807, 2.05) is 30.0 Å². The zero-order valence-electron chi connectivity index (χ0n) is 15.0. The molecule has 0 bridgehead atoms. The van der Waals surface area contributed by atoms with E-state index >= 15 is 0 Å². The van der Waals surface area contributed by atoms with Gasteiger partial charge in [0.05, 0.1) is 12.6 Å². The number of benzene rings is 1. The summed E-state index contributed by atoms with van der Waals surface area (Å²) >= 11 is 0. The highest BCUT2D eigenvalue weighted by molar-refractivity contribution is 5.96. The Balaban J connectivity index is 1.56. The Morgan fingerprint density at radius 2 is 1.84 bits per heavy atom. The van der Waals surface area contributed by atoms with Crippen molar-refractivity contribution in [3.8, 4) is 0 Å². The maximum atomic E-state index is 12.8. The summed E-state index contributed by atoms with van der Waals surface area (Å²) in [6.07, 6.45) is 2.80. The zero-order chi connectivity index (χ0) is 17.8. The molecule has 0 saturated carbocycles. The number of primary amides is 1. The van der Waals surface area contributed by atoms with Gasteiger partial charge in [-0.25, -0.2) is 0 Å². The number of hydrogen-bond acceptors (Lipinski definition) is 4. The predicted molar refractivity (Wildman–Crippen MR) is 98.4 cm³/mol. The minimum Gasteiger partial charge on any atom is -0.368 e. The third kappa shape index (κ3) is 4.02. The third-order valence-electron chi connectivity index (χ3n) is 5.33. The molecule has 0 radical (unpaired) electrons. The van der Waals surface area contributed by atoms with Crippen LogP contribution in [0.5, 0.6) is 0 Å². The number of fused-ring (bicyclic) bond motifs is 1. The minimum absolute atomic E-state index is 0.169. The molecule has 0 aromatic heterocycles. The number of hydrogen-bond donors (Lipinski definition) is 1. The van der Waals surface area contributed by atoms with E-state index in [4.69, 9.17) is 5.73 Å². The van der Waals surface area contributed by atoms with Gasteiger partial charge in [0.1, 0.15) is 0 Å². The average molecular weight is 344 g/mol. The maximum Gasteiger partial charge on any atom is 0.241 e. The van der Waals surface area contributed by atoms with Gasteiger partial charge in [-0.3, -0.25) is 19.4 Å². The van der Waals surface area contributed by atoms with Crippen molar-refractivity contribution in [1.29, 1.82) is 0 Å². The molecule has 2 amide bonds. The highest BCUT2D eigenvalue weighted by atomic mass is 16.2. The lowest BCUT2D eigenvalue weighted by Gasteiger charge is -2.38. The van der Waals surface area contributed by atoms with Gasteiger partial charge in [0.2, 0.25) is 11.8 Å². The molecule has 1 atom stereocenters. The molecular weight excluding hydrogens is 316 g/mol. The van der Waals surface area contributed by atoms with Crippen LogP contribution in [0.2, 0.25) is 0 Å². The molecule has 3 rings (SSSR count). The molecule has 2 heterocycles. The second-order valence-electron chi connectivity index (χ2n) is 6.92. The van der Waals surface area contributed by atoms with Gasteiger partial charge in [0, 0.05) is 38.4 Å². The van der Waals surface area contributed by atoms with Crippen LogP contribution in [0.1, 0.15) is 25.3 Å². The largest absolute Gasteiger partial charge is 0.368 e. The fraction of sp³-hybridized carbons (Fsp3) is 0.579. The van der Waals surface area contributed by atoms with Gasteiger partial charge in [0.15, 0.2) is 0 Å². The highest BCUT2D eigenvalue weighted by Crippen LogP contribution is 2.26. The summed E-state index contributed by atoms with van der Waals surface area (Å²) in [5, 5.41) is 0. The first-order valence-electron chi connectivity index (χ1n) is 9.24. The van der Waals surface area contributed by atoms with Gasteiger partial charge in [-0.15, -0.1) is 0 Å². The van der Waals surface area contributed by atoms with Crippen LogP contribution in [-0.2, 0) is 16.0 Å². The van der Waals surface area contributed by atoms with Crippen molar-refractivity contribution in [3.63, 3.8) is 0 Å². The number of para-hydroxylation sites is 1. The maximum absolute atomic E-state index is 12.8. The number of carbonyl (C=O) groups is 2. The lowest BCUT2D eigenvalue weighted by molar-refractivity contribution is -0.125. The van der Waals surface area contributed by atoms with Crippen LogP contribution in [0.4, 0.5) is 5.69 Å². The van der Waals surface area contributed by atoms with Crippen LogP contribution >= 0.6 is 0 Å². The van der Waals surface area contributed by atoms with Gasteiger partial charge >= 0.3 is 0 Å². The Hall–Kier alpha value is -1.92. The summed E-state index contributed by atoms with van der Waals surface area (Å²) in [5.74, 6) is -0.0838. The summed E-state index contributed by atoms with van der Waals surface area (Å²) < 4.78 is 0. The minimum atomic E-state index is -0.253. The lowest BCUT2D eigenvalue weighted by atomic mass is 10.0. The number of piperazine rings is 1. The van der Waals surface area contributed by atoms with Crippen molar-refractivity contribution in [2.75, 3.05) is 44.2 Å². The summed E-state index contributed by atoms with van der Waals surface area (Å²) in [5.41, 5.74) is 7.81. The van der Waals surface area contributed by atoms with Gasteiger partial charge in [0.25, 0.3) is 0 Å². The molecule has 2 aliphatic heterocycles. The van der Waals surface area contributed by atoms with E-state index in [1.165, 1.54) is 5.56 Å². The van der Waals surface area contributed by atoms with E-state index in [9.17, 15) is 9.59 Å². The molecular formula is C19H28N4O2. The van der Waals surface area contributed by atoms with Crippen LogP contribution in [0.3, 0.4) is 0 Å². The van der Waals surface area contributed by atoms with Crippen LogP contribution in [-0.4, -0.2) is 66.9 Å². The van der Waals surface area contributed by atoms with Crippen LogP contribution in [0.25, 0.3) is 0 Å². The quantitative estimate of drug-likeness (QED) is 0.860. The fourth-order valence-corrected chi connectivity index (χ4v) is 3.94. The number of amides is 2. The molecule has 6 nitrogen and oxygen atoms in total. The molecule has 136 valence electrons. The number of rotatable bonds is 5. The smallest absolute Gasteiger partial charge is 0.241 e. The van der Waals surface area contributed by atoms with Gasteiger partial charge in [-0.1, -0.05) is 25.1 Å². The molecule has 1 aromatic carbocycles. The van der Waals surface area contributed by atoms with Crippen molar-refractivity contribution in [2.45, 2.75) is 32.2 Å². The molecule has 1 fully saturated rings. The van der Waals surface area contributed by atoms with Gasteiger partial charge in [-0.05, 0) is 30.9 Å². The van der Waals surface area contributed by atoms with E-state index in [0.29, 0.717) is 6.54 Å². The molecule has 1 saturated heterocycles. The first-order valence-corrected chi connectivity index (χ1v) is 9.24. The molecule has 25 heavy (non-hydrogen) atoms. The van der Waals surface area contributed by atoms with Crippen molar-refractivity contribution in [3.05, 3.63) is 29.8 Å². The number of aryl methyl sites for hydroxylation is 1. The van der Waals surface area contributed by atoms with E-state index in [2.05, 4.69) is 15.9 Å². The Kier molecular flexibility index (Phi) is 5.71. The lowest BCUT2D eigenvalue weighted by Crippen LogP contribution is -2.55. The fourth-order valence-electron chi connectivity index (χ4n) is 3.94. The van der Waals surface area contributed by atoms with E-state index < -0.39 is 0 Å². The summed E-state index contributed by atoms with van der Waals surface area (Å²) in [4.78, 5) is 30.6. The molecule has 2 N–H and O–H groups in total. The normalized spacial score (nSPS) is 20.1. The zero-order valence-corrected chi connectivity index (χ0v) is 15.0. The second kappa shape index (κ2) is 7.97. The molecule has 0 aliphatic carbocycles. The van der Waals surface area contributed by atoms with Crippen molar-refractivity contribution < 1.29 is 9.59 Å². The number of anilines is 1. The summed E-state index contributed by atoms with van der Waals surface area (Å²) in [7, 11) is 0. The second-order valence-corrected chi connectivity index (χ2v) is 6.92. The Bertz CT molecular complexity index is 626. The van der Waals surface area contributed by atoms with E-state index in [0.717, 1.165) is 57.7 Å². The van der Waals surface area contributed by atoms with Crippen LogP contribution < -0.4 is 10.6 Å². The van der Waals surface area contributed by atoms with Crippen molar-refractivity contribution in [1.82, 2.24) is 9.80 Å². The average Bonchev–Trinajstić information content (AvgIpc) is 2.63. The van der Waals surface area contributed by atoms with Gasteiger partial charge in [-0.2, -0.15) is 0 Å². The van der Waals surface area contributed by atoms with Gasteiger partial charge < -0.3 is 10.6 Å². The van der Waals surface area contributed by atoms with Crippen molar-refractivity contribution >= 4 is 17.5 Å². The molecule has 6 heteroatoms. The molecule has 1 aromatic rings. The van der Waals surface area contributed by atoms with Crippen molar-refractivity contribution in [2.24, 2.45) is 5.73 Å². The third-order valence-corrected chi connectivity index (χ3v) is 5.33. The SMILES string of the molecule is CC[C@H](C(N)=O)N1CCN(CC(=O)N2CCCc3ccccc32)CC1. The van der Waals surface area contributed by atoms with E-state index in [-0.39, 0.29) is 17.9 Å². The monoisotopic (exact) mass is 344 g/mol. The molecule has 0 spiro atoms. The summed E-state index contributed by atoms with van der Waals surface area (Å²) in [6, 6.07) is 8.00. The Morgan fingerprint density at radius 1 is 1.12 bits per heavy atom. The Labute approximate surface area is 149 Å². The topological polar surface area (TPSA) is 69.9 Å². The summed E-state index contributed by atoms with van der Waals surface area (Å²) in [6.45, 7) is 6.39. The molecule has 2 aliphatic rings. The first kappa shape index (κ1) is 17.9. The van der Waals surface area contributed by atoms with Crippen LogP contribution in [0, 0.1) is 0 Å². The molecule has 0 unspecified atom stereocenters. The predicted octanol–water partition coefficient (Wildman–Crippen LogP) is 0.847.